The molecule has 1 atom stereocenters. The van der Waals surface area contributed by atoms with Crippen molar-refractivity contribution in [3.63, 3.8) is 0 Å². The molecule has 1 aromatic heterocycles. The van der Waals surface area contributed by atoms with E-state index in [2.05, 4.69) is 10.2 Å². The van der Waals surface area contributed by atoms with Gasteiger partial charge < -0.3 is 4.74 Å². The van der Waals surface area contributed by atoms with Crippen LogP contribution in [-0.2, 0) is 4.79 Å². The van der Waals surface area contributed by atoms with Gasteiger partial charge in [0.25, 0.3) is 0 Å². The highest BCUT2D eigenvalue weighted by molar-refractivity contribution is 8.00. The number of aromatic nitrogens is 3. The lowest BCUT2D eigenvalue weighted by molar-refractivity contribution is -0.119. The second-order valence-corrected chi connectivity index (χ2v) is 8.27. The SMILES string of the molecule is COc1cccc(-c2nnc(SC3CCCCC3=O)n2-c2ccc(Cl)cc2)c1. The van der Waals surface area contributed by atoms with Gasteiger partial charge >= 0.3 is 0 Å². The van der Waals surface area contributed by atoms with Crippen LogP contribution in [0.25, 0.3) is 17.1 Å². The summed E-state index contributed by atoms with van der Waals surface area (Å²) in [5.41, 5.74) is 1.79. The summed E-state index contributed by atoms with van der Waals surface area (Å²) >= 11 is 7.58. The number of hydrogen-bond acceptors (Lipinski definition) is 5. The highest BCUT2D eigenvalue weighted by Crippen LogP contribution is 2.35. The van der Waals surface area contributed by atoms with E-state index in [1.165, 1.54) is 11.8 Å². The van der Waals surface area contributed by atoms with E-state index < -0.39 is 0 Å². The summed E-state index contributed by atoms with van der Waals surface area (Å²) in [7, 11) is 1.64. The minimum Gasteiger partial charge on any atom is -0.497 e. The van der Waals surface area contributed by atoms with E-state index in [9.17, 15) is 4.79 Å². The van der Waals surface area contributed by atoms with E-state index in [0.29, 0.717) is 28.2 Å². The maximum atomic E-state index is 12.3. The molecule has 0 spiro atoms. The Kier molecular flexibility index (Phi) is 5.69. The fraction of sp³-hybridized carbons (Fsp3) is 0.286. The number of thioether (sulfide) groups is 1. The van der Waals surface area contributed by atoms with Gasteiger partial charge in [-0.3, -0.25) is 9.36 Å². The van der Waals surface area contributed by atoms with Crippen molar-refractivity contribution in [2.24, 2.45) is 0 Å². The van der Waals surface area contributed by atoms with Crippen LogP contribution in [-0.4, -0.2) is 32.9 Å². The molecule has 0 saturated heterocycles. The zero-order valence-corrected chi connectivity index (χ0v) is 17.0. The first-order chi connectivity index (χ1) is 13.7. The maximum Gasteiger partial charge on any atom is 0.196 e. The van der Waals surface area contributed by atoms with E-state index in [1.807, 2.05) is 53.1 Å². The van der Waals surface area contributed by atoms with Crippen LogP contribution in [0.3, 0.4) is 0 Å². The summed E-state index contributed by atoms with van der Waals surface area (Å²) in [6, 6.07) is 15.3. The zero-order valence-electron chi connectivity index (χ0n) is 15.5. The van der Waals surface area contributed by atoms with Crippen LogP contribution in [0.1, 0.15) is 25.7 Å². The van der Waals surface area contributed by atoms with Gasteiger partial charge in [0.2, 0.25) is 0 Å². The number of nitrogens with zero attached hydrogens (tertiary/aromatic N) is 3. The second-order valence-electron chi connectivity index (χ2n) is 6.67. The molecular weight excluding hydrogens is 394 g/mol. The number of Topliss-reactive ketones (excluding diaryl/α,β-unsaturated/α-hetero) is 1. The van der Waals surface area contributed by atoms with Crippen molar-refractivity contribution in [2.45, 2.75) is 36.1 Å². The molecule has 28 heavy (non-hydrogen) atoms. The largest absolute Gasteiger partial charge is 0.497 e. The smallest absolute Gasteiger partial charge is 0.196 e. The fourth-order valence-electron chi connectivity index (χ4n) is 3.32. The molecule has 0 N–H and O–H groups in total. The molecule has 1 unspecified atom stereocenters. The van der Waals surface area contributed by atoms with E-state index in [-0.39, 0.29) is 5.25 Å². The summed E-state index contributed by atoms with van der Waals surface area (Å²) in [6.45, 7) is 0. The van der Waals surface area contributed by atoms with E-state index in [1.54, 1.807) is 7.11 Å². The number of ether oxygens (including phenoxy) is 1. The lowest BCUT2D eigenvalue weighted by atomic mass is 9.99. The number of carbonyl (C=O) groups is 1. The number of benzene rings is 2. The first kappa shape index (κ1) is 19.0. The number of halogens is 1. The monoisotopic (exact) mass is 413 g/mol. The van der Waals surface area contributed by atoms with E-state index >= 15 is 0 Å². The Labute approximate surface area is 173 Å². The summed E-state index contributed by atoms with van der Waals surface area (Å²) in [6.07, 6.45) is 3.58. The minimum atomic E-state index is -0.0674. The molecule has 0 bridgehead atoms. The molecule has 0 radical (unpaired) electrons. The van der Waals surface area contributed by atoms with Gasteiger partial charge in [0.05, 0.1) is 12.4 Å². The van der Waals surface area contributed by atoms with Gasteiger partial charge in [0.15, 0.2) is 11.0 Å². The summed E-state index contributed by atoms with van der Waals surface area (Å²) in [5, 5.41) is 10.2. The van der Waals surface area contributed by atoms with Crippen molar-refractivity contribution in [3.8, 4) is 22.8 Å². The van der Waals surface area contributed by atoms with Crippen LogP contribution in [0.5, 0.6) is 5.75 Å². The Morgan fingerprint density at radius 3 is 2.71 bits per heavy atom. The Hall–Kier alpha value is -2.31. The molecule has 144 valence electrons. The quantitative estimate of drug-likeness (QED) is 0.575. The van der Waals surface area contributed by atoms with Gasteiger partial charge in [0.1, 0.15) is 11.5 Å². The Bertz CT molecular complexity index is 988. The maximum absolute atomic E-state index is 12.3. The minimum absolute atomic E-state index is 0.0674. The first-order valence-electron chi connectivity index (χ1n) is 9.21. The lowest BCUT2D eigenvalue weighted by Crippen LogP contribution is -2.21. The van der Waals surface area contributed by atoms with Crippen molar-refractivity contribution in [2.75, 3.05) is 7.11 Å². The third-order valence-electron chi connectivity index (χ3n) is 4.79. The van der Waals surface area contributed by atoms with Crippen molar-refractivity contribution >= 4 is 29.1 Å². The third kappa shape index (κ3) is 3.93. The third-order valence-corrected chi connectivity index (χ3v) is 6.30. The van der Waals surface area contributed by atoms with Crippen molar-refractivity contribution in [3.05, 3.63) is 53.6 Å². The van der Waals surface area contributed by atoms with Crippen molar-refractivity contribution < 1.29 is 9.53 Å². The van der Waals surface area contributed by atoms with Crippen molar-refractivity contribution in [1.29, 1.82) is 0 Å². The predicted octanol–water partition coefficient (Wildman–Crippen LogP) is 5.20. The average molecular weight is 414 g/mol. The molecule has 0 aliphatic heterocycles. The highest BCUT2D eigenvalue weighted by atomic mass is 35.5. The number of ketones is 1. The molecule has 4 rings (SSSR count). The molecule has 1 aliphatic rings. The standard InChI is InChI=1S/C21H20ClN3O2S/c1-27-17-6-4-5-14(13-17)20-23-24-21(28-19-8-3-2-7-18(19)26)25(20)16-11-9-15(22)10-12-16/h4-6,9-13,19H,2-3,7-8H2,1H3. The van der Waals surface area contributed by atoms with Gasteiger partial charge in [0, 0.05) is 22.7 Å². The summed E-state index contributed by atoms with van der Waals surface area (Å²) in [5.74, 6) is 1.75. The van der Waals surface area contributed by atoms with E-state index in [0.717, 1.165) is 36.3 Å². The normalized spacial score (nSPS) is 16.9. The topological polar surface area (TPSA) is 57.0 Å². The van der Waals surface area contributed by atoms with Crippen LogP contribution in [0.4, 0.5) is 0 Å². The number of carbonyl (C=O) groups excluding carboxylic acids is 1. The number of hydrogen-bond donors (Lipinski definition) is 0. The van der Waals surface area contributed by atoms with Crippen LogP contribution < -0.4 is 4.74 Å². The zero-order chi connectivity index (χ0) is 19.5. The van der Waals surface area contributed by atoms with Gasteiger partial charge in [-0.2, -0.15) is 0 Å². The lowest BCUT2D eigenvalue weighted by Gasteiger charge is -2.20. The molecular formula is C21H20ClN3O2S. The average Bonchev–Trinajstić information content (AvgIpc) is 3.14. The van der Waals surface area contributed by atoms with Crippen LogP contribution in [0.15, 0.2) is 53.7 Å². The van der Waals surface area contributed by atoms with E-state index in [4.69, 9.17) is 16.3 Å². The predicted molar refractivity (Wildman–Crippen MR) is 111 cm³/mol. The highest BCUT2D eigenvalue weighted by Gasteiger charge is 2.27. The summed E-state index contributed by atoms with van der Waals surface area (Å²) in [4.78, 5) is 12.3. The van der Waals surface area contributed by atoms with Crippen LogP contribution in [0, 0.1) is 0 Å². The van der Waals surface area contributed by atoms with Gasteiger partial charge in [-0.25, -0.2) is 0 Å². The summed E-state index contributed by atoms with van der Waals surface area (Å²) < 4.78 is 7.34. The van der Waals surface area contributed by atoms with Crippen LogP contribution >= 0.6 is 23.4 Å². The molecule has 3 aromatic rings. The van der Waals surface area contributed by atoms with Gasteiger partial charge in [-0.05, 0) is 49.2 Å². The molecule has 2 aromatic carbocycles. The number of methoxy groups -OCH3 is 1. The molecule has 1 heterocycles. The molecule has 7 heteroatoms. The second kappa shape index (κ2) is 8.37. The van der Waals surface area contributed by atoms with Gasteiger partial charge in [-0.15, -0.1) is 10.2 Å². The Morgan fingerprint density at radius 1 is 1.14 bits per heavy atom. The molecule has 5 nitrogen and oxygen atoms in total. The number of rotatable bonds is 5. The van der Waals surface area contributed by atoms with Gasteiger partial charge in [-0.1, -0.05) is 41.9 Å². The molecule has 1 aliphatic carbocycles. The van der Waals surface area contributed by atoms with Crippen molar-refractivity contribution in [1.82, 2.24) is 14.8 Å². The molecule has 0 amide bonds. The fourth-order valence-corrected chi connectivity index (χ4v) is 4.62. The molecule has 1 fully saturated rings. The Balaban J connectivity index is 1.79. The van der Waals surface area contributed by atoms with Crippen LogP contribution in [0.2, 0.25) is 5.02 Å². The Morgan fingerprint density at radius 2 is 1.96 bits per heavy atom. The first-order valence-corrected chi connectivity index (χ1v) is 10.5. The molecule has 1 saturated carbocycles.